The Morgan fingerprint density at radius 3 is 2.43 bits per heavy atom. The average Bonchev–Trinajstić information content (AvgIpc) is 3.85. The molecule has 0 spiro atoms. The van der Waals surface area contributed by atoms with E-state index in [2.05, 4.69) is 35.5 Å². The Labute approximate surface area is 253 Å². The fourth-order valence-corrected chi connectivity index (χ4v) is 4.88. The summed E-state index contributed by atoms with van der Waals surface area (Å²) in [6.45, 7) is 6.81. The summed E-state index contributed by atoms with van der Waals surface area (Å²) in [7, 11) is 0. The quantitative estimate of drug-likeness (QED) is 0.191. The Hall–Kier alpha value is -4.75. The Kier molecular flexibility index (Phi) is 8.57. The van der Waals surface area contributed by atoms with Crippen LogP contribution < -0.4 is 20.1 Å². The molecule has 4 aromatic rings. The maximum atomic E-state index is 13.2. The van der Waals surface area contributed by atoms with Gasteiger partial charge in [-0.05, 0) is 56.5 Å². The van der Waals surface area contributed by atoms with Gasteiger partial charge >= 0.3 is 0 Å². The monoisotopic (exact) mass is 601 g/mol. The van der Waals surface area contributed by atoms with Gasteiger partial charge in [0.05, 0.1) is 42.9 Å². The molecule has 13 heteroatoms. The van der Waals surface area contributed by atoms with Gasteiger partial charge in [0, 0.05) is 37.5 Å². The zero-order valence-electron chi connectivity index (χ0n) is 24.2. The van der Waals surface area contributed by atoms with E-state index >= 15 is 0 Å². The number of hydrogen-bond acceptors (Lipinski definition) is 10. The number of aryl methyl sites for hydroxylation is 1. The number of amides is 2. The van der Waals surface area contributed by atoms with Gasteiger partial charge in [0.1, 0.15) is 23.3 Å². The maximum absolute atomic E-state index is 13.2. The molecule has 2 amide bonds. The Morgan fingerprint density at radius 1 is 1.00 bits per heavy atom. The minimum absolute atomic E-state index is 0.232. The van der Waals surface area contributed by atoms with Crippen LogP contribution in [0.3, 0.4) is 0 Å². The summed E-state index contributed by atoms with van der Waals surface area (Å²) in [5, 5.41) is 5.44. The fraction of sp³-hybridized carbons (Fsp3) is 0.355. The third-order valence-electron chi connectivity index (χ3n) is 7.62. The number of hydrogen-bond donors (Lipinski definition) is 2. The number of nitrogens with one attached hydrogen (secondary N) is 2. The number of carbonyl (C=O) groups is 2. The number of ether oxygens (including phenoxy) is 3. The van der Waals surface area contributed by atoms with Gasteiger partial charge in [-0.3, -0.25) is 14.5 Å². The van der Waals surface area contributed by atoms with E-state index in [0.717, 1.165) is 39.3 Å². The number of morpholine rings is 1. The van der Waals surface area contributed by atoms with Crippen molar-refractivity contribution in [2.75, 3.05) is 50.1 Å². The molecule has 1 aliphatic heterocycles. The number of fused-ring (bicyclic) bond motifs is 1. The van der Waals surface area contributed by atoms with Crippen molar-refractivity contribution < 1.29 is 28.2 Å². The third-order valence-corrected chi connectivity index (χ3v) is 7.62. The number of pyridine rings is 2. The number of rotatable bonds is 11. The van der Waals surface area contributed by atoms with E-state index in [9.17, 15) is 14.0 Å². The van der Waals surface area contributed by atoms with Crippen LogP contribution >= 0.6 is 0 Å². The Balaban J connectivity index is 1.05. The van der Waals surface area contributed by atoms with Gasteiger partial charge in [0.2, 0.25) is 17.7 Å². The molecule has 0 atom stereocenters. The lowest BCUT2D eigenvalue weighted by atomic mass is 10.0. The number of halogens is 1. The topological polar surface area (TPSA) is 141 Å². The zero-order chi connectivity index (χ0) is 30.5. The molecule has 44 heavy (non-hydrogen) atoms. The molecule has 2 fully saturated rings. The van der Waals surface area contributed by atoms with Crippen molar-refractivity contribution in [3.63, 3.8) is 0 Å². The molecule has 1 saturated heterocycles. The highest BCUT2D eigenvalue weighted by Gasteiger charge is 2.56. The summed E-state index contributed by atoms with van der Waals surface area (Å²) in [5.41, 5.74) is 1.36. The van der Waals surface area contributed by atoms with E-state index in [1.165, 1.54) is 36.8 Å². The highest BCUT2D eigenvalue weighted by molar-refractivity contribution is 6.16. The molecular formula is C31H32FN7O5. The molecule has 1 aromatic carbocycles. The molecule has 12 nitrogen and oxygen atoms in total. The van der Waals surface area contributed by atoms with Crippen molar-refractivity contribution in [3.8, 4) is 17.5 Å². The fourth-order valence-electron chi connectivity index (χ4n) is 4.88. The van der Waals surface area contributed by atoms with Crippen molar-refractivity contribution in [2.24, 2.45) is 5.41 Å². The van der Waals surface area contributed by atoms with Gasteiger partial charge in [-0.2, -0.15) is 4.98 Å². The molecule has 1 aliphatic carbocycles. The first-order chi connectivity index (χ1) is 21.4. The van der Waals surface area contributed by atoms with Crippen LogP contribution in [0.4, 0.5) is 15.8 Å². The summed E-state index contributed by atoms with van der Waals surface area (Å²) in [6.07, 6.45) is 4.54. The van der Waals surface area contributed by atoms with Gasteiger partial charge in [-0.15, -0.1) is 0 Å². The van der Waals surface area contributed by atoms with Crippen LogP contribution in [-0.2, 0) is 14.3 Å². The second kappa shape index (κ2) is 12.9. The molecule has 2 N–H and O–H groups in total. The summed E-state index contributed by atoms with van der Waals surface area (Å²) in [5.74, 6) is -0.160. The molecule has 0 bridgehead atoms. The lowest BCUT2D eigenvalue weighted by Gasteiger charge is -2.26. The summed E-state index contributed by atoms with van der Waals surface area (Å²) >= 11 is 0. The SMILES string of the molecule is Cc1nc2c(Oc3ccc(NC(=O)C4(C(=O)Nc5ccc(F)cc5)CC4)cn3)ncnc2cc1OCCCN1CCOCC1. The smallest absolute Gasteiger partial charge is 0.250 e. The average molecular weight is 602 g/mol. The second-order valence-corrected chi connectivity index (χ2v) is 10.8. The molecule has 6 rings (SSSR count). The maximum Gasteiger partial charge on any atom is 0.250 e. The van der Waals surface area contributed by atoms with Crippen molar-refractivity contribution in [1.29, 1.82) is 0 Å². The van der Waals surface area contributed by atoms with Crippen molar-refractivity contribution in [1.82, 2.24) is 24.8 Å². The number of aromatic nitrogens is 4. The number of anilines is 2. The molecular weight excluding hydrogens is 569 g/mol. The van der Waals surface area contributed by atoms with Crippen molar-refractivity contribution in [3.05, 3.63) is 66.5 Å². The van der Waals surface area contributed by atoms with Crippen LogP contribution in [0.2, 0.25) is 0 Å². The first-order valence-electron chi connectivity index (χ1n) is 14.5. The van der Waals surface area contributed by atoms with E-state index in [1.807, 2.05) is 13.0 Å². The lowest BCUT2D eigenvalue weighted by Crippen LogP contribution is -2.37. The molecule has 4 heterocycles. The van der Waals surface area contributed by atoms with E-state index in [4.69, 9.17) is 14.2 Å². The number of benzene rings is 1. The molecule has 2 aliphatic rings. The Morgan fingerprint density at radius 2 is 1.73 bits per heavy atom. The van der Waals surface area contributed by atoms with E-state index in [1.54, 1.807) is 12.1 Å². The largest absolute Gasteiger partial charge is 0.492 e. The first-order valence-corrected chi connectivity index (χ1v) is 14.5. The molecule has 228 valence electrons. The van der Waals surface area contributed by atoms with Crippen LogP contribution in [0, 0.1) is 18.2 Å². The van der Waals surface area contributed by atoms with Gasteiger partial charge in [0.25, 0.3) is 5.88 Å². The minimum atomic E-state index is -1.18. The van der Waals surface area contributed by atoms with Crippen LogP contribution in [0.15, 0.2) is 55.0 Å². The van der Waals surface area contributed by atoms with Crippen LogP contribution in [0.25, 0.3) is 11.0 Å². The standard InChI is InChI=1S/C31H32FN7O5/c1-20-25(43-14-2-11-39-12-15-42-16-13-39)17-24-27(36-20)28(35-19-34-24)44-26-8-7-23(18-33-26)38-30(41)31(9-10-31)29(40)37-22-5-3-21(32)4-6-22/h3-8,17-19H,2,9-16H2,1H3,(H,37,40)(H,38,41). The second-order valence-electron chi connectivity index (χ2n) is 10.8. The molecule has 0 radical (unpaired) electrons. The van der Waals surface area contributed by atoms with Gasteiger partial charge in [0.15, 0.2) is 5.52 Å². The predicted octanol–water partition coefficient (Wildman–Crippen LogP) is 4.12. The van der Waals surface area contributed by atoms with E-state index < -0.39 is 23.0 Å². The summed E-state index contributed by atoms with van der Waals surface area (Å²) in [4.78, 5) is 45.7. The van der Waals surface area contributed by atoms with Gasteiger partial charge in [-0.1, -0.05) is 0 Å². The highest BCUT2D eigenvalue weighted by Crippen LogP contribution is 2.47. The predicted molar refractivity (Wildman–Crippen MR) is 159 cm³/mol. The zero-order valence-corrected chi connectivity index (χ0v) is 24.2. The first kappa shape index (κ1) is 29.3. The normalized spacial score (nSPS) is 15.9. The Bertz CT molecular complexity index is 1640. The third kappa shape index (κ3) is 6.74. The number of carbonyl (C=O) groups excluding carboxylic acids is 2. The summed E-state index contributed by atoms with van der Waals surface area (Å²) < 4.78 is 30.5. The molecule has 1 saturated carbocycles. The van der Waals surface area contributed by atoms with Gasteiger partial charge < -0.3 is 24.8 Å². The van der Waals surface area contributed by atoms with Crippen LogP contribution in [0.1, 0.15) is 25.0 Å². The minimum Gasteiger partial charge on any atom is -0.492 e. The number of nitrogens with zero attached hydrogens (tertiary/aromatic N) is 5. The van der Waals surface area contributed by atoms with Crippen LogP contribution in [-0.4, -0.2) is 76.1 Å². The lowest BCUT2D eigenvalue weighted by molar-refractivity contribution is -0.131. The van der Waals surface area contributed by atoms with E-state index in [-0.39, 0.29) is 11.8 Å². The van der Waals surface area contributed by atoms with E-state index in [0.29, 0.717) is 53.3 Å². The molecule has 3 aromatic heterocycles. The van der Waals surface area contributed by atoms with Crippen molar-refractivity contribution in [2.45, 2.75) is 26.2 Å². The van der Waals surface area contributed by atoms with Crippen molar-refractivity contribution >= 4 is 34.2 Å². The van der Waals surface area contributed by atoms with Gasteiger partial charge in [-0.25, -0.2) is 19.3 Å². The molecule has 0 unspecified atom stereocenters. The summed E-state index contributed by atoms with van der Waals surface area (Å²) in [6, 6.07) is 10.4. The van der Waals surface area contributed by atoms with Crippen LogP contribution in [0.5, 0.6) is 17.5 Å². The highest BCUT2D eigenvalue weighted by atomic mass is 19.1.